The first kappa shape index (κ1) is 19.0. The largest absolute Gasteiger partial charge is 0.378 e. The number of aromatic nitrogens is 4. The van der Waals surface area contributed by atoms with Crippen LogP contribution in [0.4, 0.5) is 0 Å². The van der Waals surface area contributed by atoms with Gasteiger partial charge in [-0.05, 0) is 43.6 Å². The fourth-order valence-electron chi connectivity index (χ4n) is 4.58. The molecule has 1 atom stereocenters. The van der Waals surface area contributed by atoms with Crippen LogP contribution in [0.25, 0.3) is 15.9 Å². The van der Waals surface area contributed by atoms with Crippen LogP contribution in [-0.2, 0) is 22.4 Å². The zero-order valence-corrected chi connectivity index (χ0v) is 18.7. The Hall–Kier alpha value is -1.71. The molecule has 6 rings (SSSR count). The Morgan fingerprint density at radius 2 is 2.07 bits per heavy atom. The van der Waals surface area contributed by atoms with E-state index in [0.717, 1.165) is 40.2 Å². The van der Waals surface area contributed by atoms with Crippen molar-refractivity contribution in [2.75, 3.05) is 32.1 Å². The van der Waals surface area contributed by atoms with Gasteiger partial charge in [-0.15, -0.1) is 21.5 Å². The van der Waals surface area contributed by atoms with Gasteiger partial charge in [0.05, 0.1) is 24.4 Å². The number of ether oxygens (including phenoxy) is 1. The van der Waals surface area contributed by atoms with E-state index in [1.165, 1.54) is 46.9 Å². The number of hydrogen-bond donors (Lipinski definition) is 0. The predicted octanol–water partition coefficient (Wildman–Crippen LogP) is 3.29. The molecule has 2 aliphatic carbocycles. The molecule has 0 unspecified atom stereocenters. The van der Waals surface area contributed by atoms with Gasteiger partial charge in [0.15, 0.2) is 10.8 Å². The second-order valence-corrected chi connectivity index (χ2v) is 10.7. The molecule has 3 aliphatic rings. The normalized spacial score (nSPS) is 22.0. The van der Waals surface area contributed by atoms with E-state index in [9.17, 15) is 4.79 Å². The molecule has 4 heterocycles. The van der Waals surface area contributed by atoms with E-state index in [2.05, 4.69) is 21.5 Å². The molecule has 9 heteroatoms. The highest BCUT2D eigenvalue weighted by Gasteiger charge is 2.32. The standard InChI is InChI=1S/C21H25N5O2S2/c1-12-2-5-14-15(10-12)30-20-17(14)19-23-24-21(26(19)18(22-20)13-3-4-13)29-11-16(27)25-6-8-28-9-7-25/h12-13H,2-11H2,1H3/t12-/m1/s1. The molecule has 30 heavy (non-hydrogen) atoms. The summed E-state index contributed by atoms with van der Waals surface area (Å²) in [5.41, 5.74) is 2.37. The summed E-state index contributed by atoms with van der Waals surface area (Å²) in [4.78, 5) is 22.2. The third kappa shape index (κ3) is 3.22. The first-order valence-electron chi connectivity index (χ1n) is 10.9. The molecule has 3 aromatic rings. The lowest BCUT2D eigenvalue weighted by molar-refractivity contribution is -0.132. The molecule has 7 nitrogen and oxygen atoms in total. The minimum Gasteiger partial charge on any atom is -0.378 e. The van der Waals surface area contributed by atoms with Crippen molar-refractivity contribution in [3.8, 4) is 0 Å². The number of thiophene rings is 1. The average molecular weight is 444 g/mol. The van der Waals surface area contributed by atoms with Crippen molar-refractivity contribution in [1.29, 1.82) is 0 Å². The van der Waals surface area contributed by atoms with E-state index in [1.807, 2.05) is 16.2 Å². The van der Waals surface area contributed by atoms with Crippen LogP contribution in [0.3, 0.4) is 0 Å². The highest BCUT2D eigenvalue weighted by atomic mass is 32.2. The van der Waals surface area contributed by atoms with Crippen LogP contribution in [0, 0.1) is 5.92 Å². The van der Waals surface area contributed by atoms with Crippen molar-refractivity contribution in [2.45, 2.75) is 50.1 Å². The molecule has 0 aromatic carbocycles. The van der Waals surface area contributed by atoms with Crippen LogP contribution in [0.2, 0.25) is 0 Å². The van der Waals surface area contributed by atoms with Gasteiger partial charge in [0.1, 0.15) is 10.7 Å². The summed E-state index contributed by atoms with van der Waals surface area (Å²) < 4.78 is 7.51. The molecule has 2 fully saturated rings. The van der Waals surface area contributed by atoms with Gasteiger partial charge in [-0.3, -0.25) is 9.20 Å². The lowest BCUT2D eigenvalue weighted by Gasteiger charge is -2.26. The summed E-state index contributed by atoms with van der Waals surface area (Å²) >= 11 is 3.34. The monoisotopic (exact) mass is 443 g/mol. The van der Waals surface area contributed by atoms with Gasteiger partial charge in [0, 0.05) is 23.9 Å². The van der Waals surface area contributed by atoms with Crippen molar-refractivity contribution in [3.63, 3.8) is 0 Å². The maximum Gasteiger partial charge on any atom is 0.233 e. The van der Waals surface area contributed by atoms with E-state index in [0.29, 0.717) is 38.0 Å². The smallest absolute Gasteiger partial charge is 0.233 e. The molecular weight excluding hydrogens is 418 g/mol. The number of nitrogens with zero attached hydrogens (tertiary/aromatic N) is 5. The van der Waals surface area contributed by atoms with E-state index in [4.69, 9.17) is 9.72 Å². The Kier molecular flexibility index (Phi) is 4.73. The highest BCUT2D eigenvalue weighted by Crippen LogP contribution is 2.44. The molecule has 1 amide bonds. The third-order valence-corrected chi connectivity index (χ3v) is 8.49. The van der Waals surface area contributed by atoms with Crippen LogP contribution < -0.4 is 0 Å². The van der Waals surface area contributed by atoms with Crippen molar-refractivity contribution < 1.29 is 9.53 Å². The topological polar surface area (TPSA) is 72.6 Å². The summed E-state index contributed by atoms with van der Waals surface area (Å²) in [6.07, 6.45) is 5.81. The molecular formula is C21H25N5O2S2. The number of amides is 1. The Morgan fingerprint density at radius 3 is 2.87 bits per heavy atom. The van der Waals surface area contributed by atoms with E-state index < -0.39 is 0 Å². The van der Waals surface area contributed by atoms with Gasteiger partial charge in [0.25, 0.3) is 0 Å². The summed E-state index contributed by atoms with van der Waals surface area (Å²) in [5, 5.41) is 11.1. The second kappa shape index (κ2) is 7.46. The number of hydrogen-bond acceptors (Lipinski definition) is 7. The highest BCUT2D eigenvalue weighted by molar-refractivity contribution is 7.99. The molecule has 0 N–H and O–H groups in total. The van der Waals surface area contributed by atoms with Gasteiger partial charge < -0.3 is 9.64 Å². The van der Waals surface area contributed by atoms with Crippen molar-refractivity contribution in [1.82, 2.24) is 24.5 Å². The van der Waals surface area contributed by atoms with Crippen LogP contribution in [-0.4, -0.2) is 62.4 Å². The minimum absolute atomic E-state index is 0.143. The number of morpholine rings is 1. The second-order valence-electron chi connectivity index (χ2n) is 8.70. The number of rotatable bonds is 4. The minimum atomic E-state index is 0.143. The number of fused-ring (bicyclic) bond motifs is 5. The zero-order valence-electron chi connectivity index (χ0n) is 17.1. The van der Waals surface area contributed by atoms with Crippen molar-refractivity contribution >= 4 is 44.9 Å². The Morgan fingerprint density at radius 1 is 1.23 bits per heavy atom. The first-order valence-corrected chi connectivity index (χ1v) is 12.7. The van der Waals surface area contributed by atoms with Crippen LogP contribution in [0.15, 0.2) is 5.16 Å². The SMILES string of the molecule is C[C@@H]1CCc2c(sc3nc(C4CC4)n4c(SCC(=O)N5CCOCC5)nnc4c23)C1. The molecule has 158 valence electrons. The summed E-state index contributed by atoms with van der Waals surface area (Å²) in [6.45, 7) is 4.94. The van der Waals surface area contributed by atoms with E-state index in [1.54, 1.807) is 0 Å². The average Bonchev–Trinajstić information content (AvgIpc) is 3.42. The lowest BCUT2D eigenvalue weighted by atomic mass is 9.89. The maximum absolute atomic E-state index is 12.6. The van der Waals surface area contributed by atoms with E-state index in [-0.39, 0.29) is 5.91 Å². The molecule has 1 aliphatic heterocycles. The maximum atomic E-state index is 12.6. The van der Waals surface area contributed by atoms with Gasteiger partial charge in [0.2, 0.25) is 5.91 Å². The van der Waals surface area contributed by atoms with Crippen molar-refractivity contribution in [2.24, 2.45) is 5.92 Å². The number of thioether (sulfide) groups is 1. The van der Waals surface area contributed by atoms with E-state index >= 15 is 0 Å². The zero-order chi connectivity index (χ0) is 20.2. The van der Waals surface area contributed by atoms with Gasteiger partial charge in [-0.2, -0.15) is 0 Å². The van der Waals surface area contributed by atoms with Crippen LogP contribution in [0.5, 0.6) is 0 Å². The Bertz CT molecular complexity index is 1130. The summed E-state index contributed by atoms with van der Waals surface area (Å²) in [5.74, 6) is 2.82. The summed E-state index contributed by atoms with van der Waals surface area (Å²) in [6, 6.07) is 0. The van der Waals surface area contributed by atoms with Crippen LogP contribution >= 0.6 is 23.1 Å². The molecule has 1 saturated carbocycles. The number of carbonyl (C=O) groups excluding carboxylic acids is 1. The summed E-state index contributed by atoms with van der Waals surface area (Å²) in [7, 11) is 0. The fraction of sp³-hybridized carbons (Fsp3) is 0.619. The lowest BCUT2D eigenvalue weighted by Crippen LogP contribution is -2.41. The van der Waals surface area contributed by atoms with Gasteiger partial charge in [-0.1, -0.05) is 18.7 Å². The van der Waals surface area contributed by atoms with Crippen molar-refractivity contribution in [3.05, 3.63) is 16.3 Å². The molecule has 0 spiro atoms. The quantitative estimate of drug-likeness (QED) is 0.576. The first-order chi connectivity index (χ1) is 14.7. The third-order valence-electron chi connectivity index (χ3n) is 6.43. The number of aryl methyl sites for hydroxylation is 1. The Labute approximate surface area is 183 Å². The molecule has 1 saturated heterocycles. The molecule has 3 aromatic heterocycles. The van der Waals surface area contributed by atoms with Gasteiger partial charge >= 0.3 is 0 Å². The number of carbonyl (C=O) groups is 1. The molecule has 0 bridgehead atoms. The van der Waals surface area contributed by atoms with Crippen LogP contribution in [0.1, 0.15) is 48.4 Å². The predicted molar refractivity (Wildman–Crippen MR) is 117 cm³/mol. The Balaban J connectivity index is 1.38. The van der Waals surface area contributed by atoms with Gasteiger partial charge in [-0.25, -0.2) is 4.98 Å². The fourth-order valence-corrected chi connectivity index (χ4v) is 6.80. The molecule has 0 radical (unpaired) electrons.